The van der Waals surface area contributed by atoms with Crippen molar-refractivity contribution in [1.29, 1.82) is 0 Å². The average Bonchev–Trinajstić information content (AvgIpc) is 2.70. The molecular weight excluding hydrogens is 271 g/mol. The van der Waals surface area contributed by atoms with E-state index in [2.05, 4.69) is 5.10 Å². The normalized spacial score (nSPS) is 11.7. The van der Waals surface area contributed by atoms with Gasteiger partial charge < -0.3 is 0 Å². The van der Waals surface area contributed by atoms with Crippen LogP contribution in [-0.2, 0) is 12.7 Å². The summed E-state index contributed by atoms with van der Waals surface area (Å²) in [6, 6.07) is 2.21. The molecule has 5 nitrogen and oxygen atoms in total. The first kappa shape index (κ1) is 12.6. The molecule has 0 atom stereocenters. The Kier molecular flexibility index (Phi) is 3.07. The smallest absolute Gasteiger partial charge is 0.271 e. The van der Waals surface area contributed by atoms with Gasteiger partial charge in [-0.3, -0.25) is 9.78 Å². The lowest BCUT2D eigenvalue weighted by Crippen LogP contribution is -2.31. The molecule has 0 bridgehead atoms. The van der Waals surface area contributed by atoms with Gasteiger partial charge in [-0.15, -0.1) is 11.3 Å². The van der Waals surface area contributed by atoms with E-state index < -0.39 is 22.3 Å². The average molecular weight is 277 g/mol. The van der Waals surface area contributed by atoms with E-state index in [0.29, 0.717) is 16.2 Å². The summed E-state index contributed by atoms with van der Waals surface area (Å²) in [7, 11) is 0. The lowest BCUT2D eigenvalue weighted by Gasteiger charge is -2.02. The van der Waals surface area contributed by atoms with Gasteiger partial charge in [-0.1, -0.05) is 0 Å². The molecule has 0 aliphatic carbocycles. The van der Waals surface area contributed by atoms with Crippen molar-refractivity contribution in [1.82, 2.24) is 14.8 Å². The summed E-state index contributed by atoms with van der Waals surface area (Å²) in [5.41, 5.74) is -1.41. The molecule has 9 heteroatoms. The molecule has 0 saturated carbocycles. The van der Waals surface area contributed by atoms with Gasteiger partial charge in [0.05, 0.1) is 6.54 Å². The summed E-state index contributed by atoms with van der Waals surface area (Å²) in [4.78, 5) is 23.6. The van der Waals surface area contributed by atoms with E-state index in [9.17, 15) is 22.8 Å². The third-order valence-electron chi connectivity index (χ3n) is 2.03. The molecule has 0 spiro atoms. The minimum Gasteiger partial charge on any atom is -0.271 e. The van der Waals surface area contributed by atoms with Gasteiger partial charge in [0, 0.05) is 4.88 Å². The fraction of sp³-hybridized carbons (Fsp3) is 0.222. The van der Waals surface area contributed by atoms with E-state index in [4.69, 9.17) is 0 Å². The summed E-state index contributed by atoms with van der Waals surface area (Å²) in [5, 5.41) is 3.53. The number of alkyl halides is 3. The molecule has 0 aromatic carbocycles. The van der Waals surface area contributed by atoms with Crippen LogP contribution >= 0.6 is 11.3 Å². The highest BCUT2D eigenvalue weighted by Crippen LogP contribution is 2.34. The number of rotatable bonds is 2. The van der Waals surface area contributed by atoms with Crippen molar-refractivity contribution >= 4 is 11.3 Å². The fourth-order valence-electron chi connectivity index (χ4n) is 1.25. The second kappa shape index (κ2) is 4.41. The van der Waals surface area contributed by atoms with E-state index in [1.165, 1.54) is 6.07 Å². The molecule has 0 fully saturated rings. The third kappa shape index (κ3) is 2.67. The van der Waals surface area contributed by atoms with E-state index in [1.807, 2.05) is 4.98 Å². The van der Waals surface area contributed by atoms with E-state index in [-0.39, 0.29) is 6.54 Å². The number of hydrogen-bond acceptors (Lipinski definition) is 4. The summed E-state index contributed by atoms with van der Waals surface area (Å²) in [6.07, 6.45) is -3.51. The van der Waals surface area contributed by atoms with E-state index >= 15 is 0 Å². The molecule has 2 aromatic rings. The zero-order valence-electron chi connectivity index (χ0n) is 8.69. The second-order valence-corrected chi connectivity index (χ2v) is 4.53. The molecule has 0 saturated heterocycles. The first-order valence-electron chi connectivity index (χ1n) is 4.68. The predicted octanol–water partition coefficient (Wildman–Crippen LogP) is 1.06. The molecule has 0 aliphatic heterocycles. The topological polar surface area (TPSA) is 67.8 Å². The number of aromatic amines is 1. The number of halogens is 3. The molecule has 0 radical (unpaired) electrons. The molecule has 2 rings (SSSR count). The first-order valence-corrected chi connectivity index (χ1v) is 5.50. The highest BCUT2D eigenvalue weighted by atomic mass is 32.1. The first-order chi connectivity index (χ1) is 8.36. The van der Waals surface area contributed by atoms with Crippen LogP contribution in [0.2, 0.25) is 0 Å². The van der Waals surface area contributed by atoms with Crippen molar-refractivity contribution in [3.63, 3.8) is 0 Å². The maximum Gasteiger partial charge on any atom is 0.425 e. The van der Waals surface area contributed by atoms with E-state index in [0.717, 1.165) is 16.9 Å². The molecule has 0 amide bonds. The van der Waals surface area contributed by atoms with Crippen molar-refractivity contribution < 1.29 is 13.2 Å². The Morgan fingerprint density at radius 3 is 2.61 bits per heavy atom. The maximum atomic E-state index is 12.4. The van der Waals surface area contributed by atoms with Crippen molar-refractivity contribution in [3.05, 3.63) is 48.9 Å². The molecule has 18 heavy (non-hydrogen) atoms. The zero-order valence-corrected chi connectivity index (χ0v) is 9.51. The molecule has 2 aromatic heterocycles. The SMILES string of the molecule is O=c1cnn(Cc2ccc(C(F)(F)F)s2)c(=O)[nH]1. The highest BCUT2D eigenvalue weighted by Gasteiger charge is 2.32. The Balaban J connectivity index is 2.27. The number of aromatic nitrogens is 3. The Hall–Kier alpha value is -1.90. The summed E-state index contributed by atoms with van der Waals surface area (Å²) < 4.78 is 37.9. The van der Waals surface area contributed by atoms with Crippen LogP contribution in [0.5, 0.6) is 0 Å². The van der Waals surface area contributed by atoms with E-state index in [1.54, 1.807) is 0 Å². The molecule has 0 aliphatic rings. The lowest BCUT2D eigenvalue weighted by molar-refractivity contribution is -0.134. The van der Waals surface area contributed by atoms with Crippen LogP contribution in [-0.4, -0.2) is 14.8 Å². The van der Waals surface area contributed by atoms with Gasteiger partial charge in [-0.25, -0.2) is 9.48 Å². The Morgan fingerprint density at radius 1 is 1.33 bits per heavy atom. The van der Waals surface area contributed by atoms with Gasteiger partial charge in [-0.05, 0) is 12.1 Å². The van der Waals surface area contributed by atoms with Crippen molar-refractivity contribution in [2.45, 2.75) is 12.7 Å². The number of H-pyrrole nitrogens is 1. The van der Waals surface area contributed by atoms with Crippen LogP contribution < -0.4 is 11.2 Å². The number of nitrogens with zero attached hydrogens (tertiary/aromatic N) is 2. The Morgan fingerprint density at radius 2 is 2.06 bits per heavy atom. The second-order valence-electron chi connectivity index (χ2n) is 3.36. The maximum absolute atomic E-state index is 12.4. The monoisotopic (exact) mass is 277 g/mol. The summed E-state index contributed by atoms with van der Waals surface area (Å²) in [5.74, 6) is 0. The van der Waals surface area contributed by atoms with Crippen LogP contribution in [0.1, 0.15) is 9.75 Å². The molecular formula is C9H6F3N3O2S. The van der Waals surface area contributed by atoms with Gasteiger partial charge in [0.15, 0.2) is 0 Å². The Labute approximate surface area is 102 Å². The van der Waals surface area contributed by atoms with Crippen LogP contribution in [0.4, 0.5) is 13.2 Å². The number of thiophene rings is 1. The number of hydrogen-bond donors (Lipinski definition) is 1. The van der Waals surface area contributed by atoms with Crippen LogP contribution in [0, 0.1) is 0 Å². The van der Waals surface area contributed by atoms with Gasteiger partial charge in [0.25, 0.3) is 5.56 Å². The summed E-state index contributed by atoms with van der Waals surface area (Å²) >= 11 is 0.531. The quantitative estimate of drug-likeness (QED) is 0.892. The predicted molar refractivity (Wildman–Crippen MR) is 57.5 cm³/mol. The van der Waals surface area contributed by atoms with Gasteiger partial charge in [-0.2, -0.15) is 18.3 Å². The molecule has 0 unspecified atom stereocenters. The van der Waals surface area contributed by atoms with Crippen molar-refractivity contribution in [3.8, 4) is 0 Å². The van der Waals surface area contributed by atoms with Crippen LogP contribution in [0.3, 0.4) is 0 Å². The zero-order chi connectivity index (χ0) is 13.3. The fourth-order valence-corrected chi connectivity index (χ4v) is 2.11. The lowest BCUT2D eigenvalue weighted by atomic mass is 10.4. The molecule has 2 heterocycles. The minimum absolute atomic E-state index is 0.115. The molecule has 96 valence electrons. The number of nitrogens with one attached hydrogen (secondary N) is 1. The minimum atomic E-state index is -4.40. The summed E-state index contributed by atoms with van der Waals surface area (Å²) in [6.45, 7) is -0.115. The van der Waals surface area contributed by atoms with Crippen molar-refractivity contribution in [2.75, 3.05) is 0 Å². The highest BCUT2D eigenvalue weighted by molar-refractivity contribution is 7.12. The van der Waals surface area contributed by atoms with Crippen LogP contribution in [0.25, 0.3) is 0 Å². The largest absolute Gasteiger partial charge is 0.425 e. The Bertz CT molecular complexity index is 670. The van der Waals surface area contributed by atoms with Gasteiger partial charge in [0.2, 0.25) is 0 Å². The third-order valence-corrected chi connectivity index (χ3v) is 3.14. The van der Waals surface area contributed by atoms with Crippen molar-refractivity contribution in [2.24, 2.45) is 0 Å². The van der Waals surface area contributed by atoms with Crippen LogP contribution in [0.15, 0.2) is 27.9 Å². The van der Waals surface area contributed by atoms with Gasteiger partial charge in [0.1, 0.15) is 11.1 Å². The van der Waals surface area contributed by atoms with Gasteiger partial charge >= 0.3 is 11.9 Å². The standard InChI is InChI=1S/C9H6F3N3O2S/c10-9(11,12)6-2-1-5(18-6)4-15-8(17)14-7(16)3-13-15/h1-3H,4H2,(H,14,16,17). The molecule has 1 N–H and O–H groups in total.